The summed E-state index contributed by atoms with van der Waals surface area (Å²) < 4.78 is 5.37. The molecule has 0 saturated carbocycles. The summed E-state index contributed by atoms with van der Waals surface area (Å²) >= 11 is 1.59. The Labute approximate surface area is 88.0 Å². The average molecular weight is 203 g/mol. The van der Waals surface area contributed by atoms with Gasteiger partial charge in [0, 0.05) is 5.38 Å². The van der Waals surface area contributed by atoms with Crippen LogP contribution in [-0.4, -0.2) is 6.61 Å². The van der Waals surface area contributed by atoms with Crippen molar-refractivity contribution in [2.45, 2.75) is 6.92 Å². The molecule has 0 atom stereocenters. The molecule has 2 rings (SSSR count). The van der Waals surface area contributed by atoms with Crippen molar-refractivity contribution in [3.8, 4) is 16.9 Å². The van der Waals surface area contributed by atoms with Crippen LogP contribution in [0.5, 0.6) is 5.75 Å². The van der Waals surface area contributed by atoms with E-state index in [4.69, 9.17) is 4.74 Å². The van der Waals surface area contributed by atoms with Gasteiger partial charge >= 0.3 is 0 Å². The van der Waals surface area contributed by atoms with Gasteiger partial charge in [-0.2, -0.15) is 0 Å². The van der Waals surface area contributed by atoms with E-state index in [9.17, 15) is 0 Å². The van der Waals surface area contributed by atoms with Gasteiger partial charge in [0.2, 0.25) is 0 Å². The third-order valence-corrected chi connectivity index (χ3v) is 2.59. The van der Waals surface area contributed by atoms with Gasteiger partial charge in [-0.15, -0.1) is 11.3 Å². The van der Waals surface area contributed by atoms with Gasteiger partial charge < -0.3 is 4.74 Å². The van der Waals surface area contributed by atoms with E-state index in [1.54, 1.807) is 11.3 Å². The maximum Gasteiger partial charge on any atom is 0.119 e. The van der Waals surface area contributed by atoms with E-state index >= 15 is 0 Å². The highest BCUT2D eigenvalue weighted by molar-refractivity contribution is 7.07. The summed E-state index contributed by atoms with van der Waals surface area (Å²) in [5, 5.41) is 5.17. The highest BCUT2D eigenvalue weighted by Gasteiger charge is 1.98. The fraction of sp³-hybridized carbons (Fsp3) is 0.167. The smallest absolute Gasteiger partial charge is 0.119 e. The summed E-state index contributed by atoms with van der Waals surface area (Å²) in [6.45, 7) is 2.70. The van der Waals surface area contributed by atoms with E-state index in [-0.39, 0.29) is 0 Å². The first-order valence-electron chi connectivity index (χ1n) is 4.58. The molecule has 1 aromatic carbocycles. The summed E-state index contributed by atoms with van der Waals surface area (Å²) in [6, 6.07) is 10.1. The summed E-state index contributed by atoms with van der Waals surface area (Å²) in [7, 11) is 0. The molecule has 14 heavy (non-hydrogen) atoms. The quantitative estimate of drug-likeness (QED) is 0.740. The van der Waals surface area contributed by atoms with E-state index in [1.807, 2.05) is 25.1 Å². The molecule has 0 spiro atoms. The van der Waals surface area contributed by atoms with Crippen molar-refractivity contribution in [3.63, 3.8) is 0 Å². The Morgan fingerprint density at radius 2 is 2.00 bits per heavy atom. The molecule has 1 radical (unpaired) electrons. The Bertz CT molecular complexity index is 375. The number of hydrogen-bond donors (Lipinski definition) is 0. The zero-order valence-corrected chi connectivity index (χ0v) is 8.80. The Morgan fingerprint density at radius 3 is 2.57 bits per heavy atom. The highest BCUT2D eigenvalue weighted by atomic mass is 32.1. The largest absolute Gasteiger partial charge is 0.494 e. The molecule has 0 aliphatic carbocycles. The molecule has 2 heteroatoms. The molecule has 0 aliphatic rings. The standard InChI is InChI=1S/C12H11OS/c1-2-13-12-5-3-10(4-6-12)11-7-8-14-9-11/h3-7,9H,2H2,1H3. The molecule has 1 aromatic heterocycles. The number of hydrogen-bond acceptors (Lipinski definition) is 2. The monoisotopic (exact) mass is 203 g/mol. The molecular weight excluding hydrogens is 192 g/mol. The van der Waals surface area contributed by atoms with Crippen LogP contribution in [0.2, 0.25) is 0 Å². The molecule has 0 saturated heterocycles. The Morgan fingerprint density at radius 1 is 1.21 bits per heavy atom. The molecule has 0 aliphatic heterocycles. The minimum absolute atomic E-state index is 0.714. The van der Waals surface area contributed by atoms with Crippen molar-refractivity contribution >= 4 is 11.3 Å². The number of rotatable bonds is 3. The van der Waals surface area contributed by atoms with Gasteiger partial charge in [-0.3, -0.25) is 0 Å². The van der Waals surface area contributed by atoms with Gasteiger partial charge in [0.25, 0.3) is 0 Å². The molecule has 71 valence electrons. The lowest BCUT2D eigenvalue weighted by Crippen LogP contribution is -1.90. The van der Waals surface area contributed by atoms with Crippen LogP contribution in [-0.2, 0) is 0 Å². The Kier molecular flexibility index (Phi) is 2.84. The third-order valence-electron chi connectivity index (χ3n) is 1.97. The minimum atomic E-state index is 0.714. The zero-order valence-electron chi connectivity index (χ0n) is 7.99. The van der Waals surface area contributed by atoms with Gasteiger partial charge in [-0.1, -0.05) is 12.1 Å². The van der Waals surface area contributed by atoms with Crippen LogP contribution in [0.3, 0.4) is 0 Å². The molecule has 2 aromatic rings. The van der Waals surface area contributed by atoms with Crippen LogP contribution in [0, 0.1) is 5.38 Å². The SMILES string of the molecule is CCOc1ccc(-c2c[c]sc2)cc1. The van der Waals surface area contributed by atoms with Crippen molar-refractivity contribution < 1.29 is 4.74 Å². The molecule has 0 unspecified atom stereocenters. The molecule has 0 fully saturated rings. The first-order chi connectivity index (χ1) is 6.90. The predicted octanol–water partition coefficient (Wildman–Crippen LogP) is 3.61. The summed E-state index contributed by atoms with van der Waals surface area (Å²) in [5.74, 6) is 0.926. The lowest BCUT2D eigenvalue weighted by atomic mass is 10.1. The van der Waals surface area contributed by atoms with Crippen LogP contribution < -0.4 is 4.74 Å². The second-order valence-corrected chi connectivity index (χ2v) is 3.62. The van der Waals surface area contributed by atoms with Gasteiger partial charge in [-0.05, 0) is 41.6 Å². The predicted molar refractivity (Wildman–Crippen MR) is 59.8 cm³/mol. The maximum atomic E-state index is 5.37. The fourth-order valence-corrected chi connectivity index (χ4v) is 1.88. The van der Waals surface area contributed by atoms with E-state index in [2.05, 4.69) is 22.9 Å². The van der Waals surface area contributed by atoms with Crippen molar-refractivity contribution in [1.82, 2.24) is 0 Å². The van der Waals surface area contributed by atoms with Gasteiger partial charge in [0.1, 0.15) is 5.75 Å². The summed E-state index contributed by atoms with van der Waals surface area (Å²) in [6.07, 6.45) is 0. The lowest BCUT2D eigenvalue weighted by molar-refractivity contribution is 0.340. The van der Waals surface area contributed by atoms with Gasteiger partial charge in [0.05, 0.1) is 6.61 Å². The number of benzene rings is 1. The Hall–Kier alpha value is -1.28. The topological polar surface area (TPSA) is 9.23 Å². The normalized spacial score (nSPS) is 10.1. The van der Waals surface area contributed by atoms with E-state index < -0.39 is 0 Å². The molecule has 1 nitrogen and oxygen atoms in total. The third kappa shape index (κ3) is 1.96. The summed E-state index contributed by atoms with van der Waals surface area (Å²) in [5.41, 5.74) is 2.43. The molecule has 1 heterocycles. The Balaban J connectivity index is 2.22. The maximum absolute atomic E-state index is 5.37. The molecule has 0 N–H and O–H groups in total. The highest BCUT2D eigenvalue weighted by Crippen LogP contribution is 2.23. The van der Waals surface area contributed by atoms with Crippen LogP contribution in [0.1, 0.15) is 6.92 Å². The second-order valence-electron chi connectivity index (χ2n) is 2.91. The van der Waals surface area contributed by atoms with E-state index in [1.165, 1.54) is 11.1 Å². The van der Waals surface area contributed by atoms with Crippen molar-refractivity contribution in [2.24, 2.45) is 0 Å². The van der Waals surface area contributed by atoms with Gasteiger partial charge in [-0.25, -0.2) is 0 Å². The first-order valence-corrected chi connectivity index (χ1v) is 5.46. The molecule has 0 amide bonds. The lowest BCUT2D eigenvalue weighted by Gasteiger charge is -2.03. The van der Waals surface area contributed by atoms with Crippen molar-refractivity contribution in [2.75, 3.05) is 6.61 Å². The van der Waals surface area contributed by atoms with Crippen LogP contribution >= 0.6 is 11.3 Å². The second kappa shape index (κ2) is 4.29. The minimum Gasteiger partial charge on any atom is -0.494 e. The van der Waals surface area contributed by atoms with Crippen molar-refractivity contribution in [1.29, 1.82) is 0 Å². The fourth-order valence-electron chi connectivity index (χ4n) is 1.29. The average Bonchev–Trinajstić information content (AvgIpc) is 2.72. The zero-order chi connectivity index (χ0) is 9.80. The molecular formula is C12H11OS. The first kappa shape index (κ1) is 9.28. The van der Waals surface area contributed by atoms with Crippen LogP contribution in [0.4, 0.5) is 0 Å². The van der Waals surface area contributed by atoms with Crippen LogP contribution in [0.25, 0.3) is 11.1 Å². The van der Waals surface area contributed by atoms with Crippen molar-refractivity contribution in [3.05, 3.63) is 41.1 Å². The van der Waals surface area contributed by atoms with E-state index in [0.717, 1.165) is 5.75 Å². The van der Waals surface area contributed by atoms with E-state index in [0.29, 0.717) is 6.61 Å². The molecule has 0 bridgehead atoms. The summed E-state index contributed by atoms with van der Waals surface area (Å²) in [4.78, 5) is 0. The number of ether oxygens (including phenoxy) is 1. The van der Waals surface area contributed by atoms with Gasteiger partial charge in [0.15, 0.2) is 0 Å². The van der Waals surface area contributed by atoms with Crippen LogP contribution in [0.15, 0.2) is 35.7 Å². The number of thiophene rings is 1.